The van der Waals surface area contributed by atoms with Gasteiger partial charge in [0.1, 0.15) is 11.5 Å². The summed E-state index contributed by atoms with van der Waals surface area (Å²) in [5, 5.41) is 3.20. The average molecular weight is 298 g/mol. The SMILES string of the molecule is CCc1nc(N)sc1C(=O)NCC1CN(C)C(=O)CO1. The maximum Gasteiger partial charge on any atom is 0.263 e. The number of nitrogens with zero attached hydrogens (tertiary/aromatic N) is 2. The maximum atomic E-state index is 12.1. The normalized spacial score (nSPS) is 19.2. The Morgan fingerprint density at radius 2 is 2.40 bits per heavy atom. The van der Waals surface area contributed by atoms with Gasteiger partial charge in [-0.05, 0) is 6.42 Å². The van der Waals surface area contributed by atoms with Gasteiger partial charge in [0.15, 0.2) is 5.13 Å². The number of hydrogen-bond donors (Lipinski definition) is 2. The van der Waals surface area contributed by atoms with E-state index >= 15 is 0 Å². The first kappa shape index (κ1) is 14.7. The number of carbonyl (C=O) groups excluding carboxylic acids is 2. The van der Waals surface area contributed by atoms with Crippen molar-refractivity contribution in [2.24, 2.45) is 0 Å². The van der Waals surface area contributed by atoms with Crippen LogP contribution in [0.15, 0.2) is 0 Å². The van der Waals surface area contributed by atoms with Crippen LogP contribution in [0.25, 0.3) is 0 Å². The molecule has 0 aliphatic carbocycles. The van der Waals surface area contributed by atoms with Crippen molar-refractivity contribution in [2.75, 3.05) is 32.5 Å². The van der Waals surface area contributed by atoms with Crippen LogP contribution >= 0.6 is 11.3 Å². The van der Waals surface area contributed by atoms with E-state index in [9.17, 15) is 9.59 Å². The maximum absolute atomic E-state index is 12.1. The number of rotatable bonds is 4. The third-order valence-electron chi connectivity index (χ3n) is 3.09. The van der Waals surface area contributed by atoms with Gasteiger partial charge >= 0.3 is 0 Å². The number of nitrogens with one attached hydrogen (secondary N) is 1. The minimum atomic E-state index is -0.195. The second kappa shape index (κ2) is 6.19. The zero-order valence-corrected chi connectivity index (χ0v) is 12.3. The number of nitrogen functional groups attached to an aromatic ring is 1. The van der Waals surface area contributed by atoms with Gasteiger partial charge in [-0.15, -0.1) is 0 Å². The number of aromatic nitrogens is 1. The summed E-state index contributed by atoms with van der Waals surface area (Å²) in [6.07, 6.45) is 0.477. The van der Waals surface area contributed by atoms with Crippen LogP contribution < -0.4 is 11.1 Å². The Hall–Kier alpha value is -1.67. The van der Waals surface area contributed by atoms with Gasteiger partial charge < -0.3 is 20.7 Å². The van der Waals surface area contributed by atoms with Crippen LogP contribution in [0.4, 0.5) is 5.13 Å². The summed E-state index contributed by atoms with van der Waals surface area (Å²) in [5.74, 6) is -0.240. The Balaban J connectivity index is 1.90. The van der Waals surface area contributed by atoms with Crippen LogP contribution in [0.1, 0.15) is 22.3 Å². The molecular weight excluding hydrogens is 280 g/mol. The smallest absolute Gasteiger partial charge is 0.263 e. The monoisotopic (exact) mass is 298 g/mol. The van der Waals surface area contributed by atoms with Crippen LogP contribution in [0.2, 0.25) is 0 Å². The molecule has 1 aromatic heterocycles. The molecule has 2 rings (SSSR count). The highest BCUT2D eigenvalue weighted by Crippen LogP contribution is 2.20. The fourth-order valence-corrected chi connectivity index (χ4v) is 2.79. The van der Waals surface area contributed by atoms with E-state index in [1.165, 1.54) is 11.3 Å². The first-order valence-corrected chi connectivity index (χ1v) is 7.21. The molecule has 1 saturated heterocycles. The first-order chi connectivity index (χ1) is 9.51. The summed E-state index contributed by atoms with van der Waals surface area (Å²) < 4.78 is 5.37. The second-order valence-corrected chi connectivity index (χ2v) is 5.63. The molecule has 0 aromatic carbocycles. The van der Waals surface area contributed by atoms with Crippen LogP contribution in [0.5, 0.6) is 0 Å². The van der Waals surface area contributed by atoms with Crippen molar-refractivity contribution >= 4 is 28.3 Å². The summed E-state index contributed by atoms with van der Waals surface area (Å²) >= 11 is 1.18. The van der Waals surface area contributed by atoms with Crippen LogP contribution in [0, 0.1) is 0 Å². The van der Waals surface area contributed by atoms with E-state index in [0.29, 0.717) is 35.2 Å². The number of ether oxygens (including phenoxy) is 1. The average Bonchev–Trinajstić information content (AvgIpc) is 2.81. The molecule has 1 aliphatic heterocycles. The predicted octanol–water partition coefficient (Wildman–Crippen LogP) is -0.125. The highest BCUT2D eigenvalue weighted by molar-refractivity contribution is 7.17. The minimum Gasteiger partial charge on any atom is -0.375 e. The van der Waals surface area contributed by atoms with Crippen molar-refractivity contribution in [1.29, 1.82) is 0 Å². The summed E-state index contributed by atoms with van der Waals surface area (Å²) in [7, 11) is 1.72. The number of anilines is 1. The van der Waals surface area contributed by atoms with E-state index in [1.807, 2.05) is 6.92 Å². The van der Waals surface area contributed by atoms with Crippen molar-refractivity contribution in [3.05, 3.63) is 10.6 Å². The largest absolute Gasteiger partial charge is 0.375 e. The fourth-order valence-electron chi connectivity index (χ4n) is 1.96. The van der Waals surface area contributed by atoms with Crippen molar-refractivity contribution < 1.29 is 14.3 Å². The molecule has 0 saturated carbocycles. The molecule has 7 nitrogen and oxygen atoms in total. The van der Waals surface area contributed by atoms with Gasteiger partial charge in [-0.25, -0.2) is 4.98 Å². The number of amides is 2. The lowest BCUT2D eigenvalue weighted by Crippen LogP contribution is -2.48. The van der Waals surface area contributed by atoms with Crippen molar-refractivity contribution in [1.82, 2.24) is 15.2 Å². The van der Waals surface area contributed by atoms with Gasteiger partial charge in [0.25, 0.3) is 5.91 Å². The van der Waals surface area contributed by atoms with Gasteiger partial charge in [-0.3, -0.25) is 9.59 Å². The number of thiazole rings is 1. The number of likely N-dealkylation sites (N-methyl/N-ethyl adjacent to an activating group) is 1. The summed E-state index contributed by atoms with van der Waals surface area (Å²) in [6.45, 7) is 2.82. The zero-order chi connectivity index (χ0) is 14.7. The van der Waals surface area contributed by atoms with Gasteiger partial charge in [0, 0.05) is 20.1 Å². The third-order valence-corrected chi connectivity index (χ3v) is 4.02. The van der Waals surface area contributed by atoms with Crippen molar-refractivity contribution in [3.63, 3.8) is 0 Å². The van der Waals surface area contributed by atoms with E-state index < -0.39 is 0 Å². The van der Waals surface area contributed by atoms with Gasteiger partial charge in [-0.1, -0.05) is 18.3 Å². The van der Waals surface area contributed by atoms with Crippen LogP contribution in [-0.2, 0) is 16.0 Å². The third kappa shape index (κ3) is 3.26. The second-order valence-electron chi connectivity index (χ2n) is 4.60. The standard InChI is InChI=1S/C12H18N4O3S/c1-3-8-10(20-12(13)15-8)11(18)14-4-7-5-16(2)9(17)6-19-7/h7H,3-6H2,1-2H3,(H2,13,15)(H,14,18). The molecule has 1 aromatic rings. The van der Waals surface area contributed by atoms with Crippen molar-refractivity contribution in [2.45, 2.75) is 19.4 Å². The number of morpholine rings is 1. The van der Waals surface area contributed by atoms with E-state index in [1.54, 1.807) is 11.9 Å². The van der Waals surface area contributed by atoms with E-state index in [4.69, 9.17) is 10.5 Å². The molecule has 0 spiro atoms. The lowest BCUT2D eigenvalue weighted by molar-refractivity contribution is -0.146. The molecule has 0 bridgehead atoms. The Labute approximate surface area is 121 Å². The molecule has 110 valence electrons. The lowest BCUT2D eigenvalue weighted by Gasteiger charge is -2.29. The van der Waals surface area contributed by atoms with E-state index in [2.05, 4.69) is 10.3 Å². The number of aryl methyl sites for hydroxylation is 1. The van der Waals surface area contributed by atoms with Crippen LogP contribution in [-0.4, -0.2) is 54.5 Å². The van der Waals surface area contributed by atoms with Crippen LogP contribution in [0.3, 0.4) is 0 Å². The summed E-state index contributed by atoms with van der Waals surface area (Å²) in [6, 6.07) is 0. The molecule has 2 heterocycles. The molecule has 20 heavy (non-hydrogen) atoms. The molecule has 3 N–H and O–H groups in total. The number of carbonyl (C=O) groups is 2. The highest BCUT2D eigenvalue weighted by atomic mass is 32.1. The molecule has 1 aliphatic rings. The zero-order valence-electron chi connectivity index (χ0n) is 11.5. The lowest BCUT2D eigenvalue weighted by atomic mass is 10.2. The summed E-state index contributed by atoms with van der Waals surface area (Å²) in [4.78, 5) is 29.6. The first-order valence-electron chi connectivity index (χ1n) is 6.40. The number of nitrogens with two attached hydrogens (primary N) is 1. The topological polar surface area (TPSA) is 97.5 Å². The van der Waals surface area contributed by atoms with Gasteiger partial charge in [0.05, 0.1) is 11.8 Å². The molecule has 0 radical (unpaired) electrons. The minimum absolute atomic E-state index is 0.0453. The molecule has 8 heteroatoms. The molecular formula is C12H18N4O3S. The number of hydrogen-bond acceptors (Lipinski definition) is 6. The van der Waals surface area contributed by atoms with E-state index in [-0.39, 0.29) is 24.5 Å². The Bertz CT molecular complexity index is 517. The Morgan fingerprint density at radius 3 is 3.05 bits per heavy atom. The van der Waals surface area contributed by atoms with E-state index in [0.717, 1.165) is 0 Å². The Kier molecular flexibility index (Phi) is 4.56. The quantitative estimate of drug-likeness (QED) is 0.807. The highest BCUT2D eigenvalue weighted by Gasteiger charge is 2.24. The predicted molar refractivity (Wildman–Crippen MR) is 75.6 cm³/mol. The molecule has 2 amide bonds. The van der Waals surface area contributed by atoms with Gasteiger partial charge in [-0.2, -0.15) is 0 Å². The van der Waals surface area contributed by atoms with Crippen molar-refractivity contribution in [3.8, 4) is 0 Å². The summed E-state index contributed by atoms with van der Waals surface area (Å²) in [5.41, 5.74) is 6.33. The van der Waals surface area contributed by atoms with Gasteiger partial charge in [0.2, 0.25) is 5.91 Å². The fraction of sp³-hybridized carbons (Fsp3) is 0.583. The molecule has 1 unspecified atom stereocenters. The Morgan fingerprint density at radius 1 is 1.65 bits per heavy atom. The molecule has 1 fully saturated rings. The molecule has 1 atom stereocenters.